The molecule has 6 heteroatoms. The highest BCUT2D eigenvalue weighted by Crippen LogP contribution is 2.55. The molecule has 0 radical (unpaired) electrons. The van der Waals surface area contributed by atoms with E-state index < -0.39 is 0 Å². The number of nitrogens with zero attached hydrogens (tertiary/aromatic N) is 2. The van der Waals surface area contributed by atoms with Gasteiger partial charge < -0.3 is 15.5 Å². The van der Waals surface area contributed by atoms with Gasteiger partial charge in [-0.3, -0.25) is 0 Å². The molecule has 0 aromatic carbocycles. The summed E-state index contributed by atoms with van der Waals surface area (Å²) in [6.07, 6.45) is 10.7. The zero-order valence-electron chi connectivity index (χ0n) is 14.0. The molecule has 1 aromatic heterocycles. The largest absolute Gasteiger partial charge is 0.346 e. The Morgan fingerprint density at radius 3 is 2.54 bits per heavy atom. The van der Waals surface area contributed by atoms with Gasteiger partial charge in [-0.05, 0) is 62.7 Å². The Hall–Kier alpha value is -1.30. The van der Waals surface area contributed by atoms with Gasteiger partial charge in [0.15, 0.2) is 5.13 Å². The van der Waals surface area contributed by atoms with Crippen LogP contribution in [0.3, 0.4) is 0 Å². The molecule has 2 N–H and O–H groups in total. The molecule has 5 nitrogen and oxygen atoms in total. The van der Waals surface area contributed by atoms with E-state index in [0.29, 0.717) is 0 Å². The van der Waals surface area contributed by atoms with Gasteiger partial charge in [-0.2, -0.15) is 0 Å². The van der Waals surface area contributed by atoms with Crippen molar-refractivity contribution in [2.24, 2.45) is 17.8 Å². The van der Waals surface area contributed by atoms with Crippen molar-refractivity contribution in [3.63, 3.8) is 0 Å². The Morgan fingerprint density at radius 2 is 1.92 bits per heavy atom. The number of thiazole rings is 1. The van der Waals surface area contributed by atoms with Crippen LogP contribution in [0.4, 0.5) is 9.93 Å². The van der Waals surface area contributed by atoms with Gasteiger partial charge >= 0.3 is 6.03 Å². The Bertz CT molecular complexity index is 581. The van der Waals surface area contributed by atoms with Crippen molar-refractivity contribution < 1.29 is 4.79 Å². The van der Waals surface area contributed by atoms with Crippen LogP contribution in [-0.4, -0.2) is 35.7 Å². The predicted octanol–water partition coefficient (Wildman–Crippen LogP) is 2.99. The van der Waals surface area contributed by atoms with E-state index >= 15 is 0 Å². The third-order valence-electron chi connectivity index (χ3n) is 6.63. The average molecular weight is 347 g/mol. The van der Waals surface area contributed by atoms with Crippen LogP contribution in [0.1, 0.15) is 44.9 Å². The lowest BCUT2D eigenvalue weighted by Gasteiger charge is -2.56. The van der Waals surface area contributed by atoms with Crippen LogP contribution in [0.5, 0.6) is 0 Å². The first-order valence-electron chi connectivity index (χ1n) is 9.41. The Labute approximate surface area is 147 Å². The van der Waals surface area contributed by atoms with E-state index in [9.17, 15) is 4.79 Å². The van der Waals surface area contributed by atoms with Crippen LogP contribution in [0.25, 0.3) is 0 Å². The van der Waals surface area contributed by atoms with Gasteiger partial charge in [-0.25, -0.2) is 9.78 Å². The van der Waals surface area contributed by atoms with Gasteiger partial charge in [0.2, 0.25) is 0 Å². The SMILES string of the molecule is O=C(NC1CCN(c2nccs2)C1)NC12CC3CC(CC(C3)C1)C2. The molecule has 5 fully saturated rings. The molecule has 1 unspecified atom stereocenters. The number of hydrogen-bond acceptors (Lipinski definition) is 4. The molecule has 1 aromatic rings. The van der Waals surface area contributed by atoms with Crippen LogP contribution in [0.15, 0.2) is 11.6 Å². The highest BCUT2D eigenvalue weighted by atomic mass is 32.1. The summed E-state index contributed by atoms with van der Waals surface area (Å²) in [5.74, 6) is 2.59. The number of carbonyl (C=O) groups excluding carboxylic acids is 1. The van der Waals surface area contributed by atoms with E-state index in [0.717, 1.165) is 42.4 Å². The topological polar surface area (TPSA) is 57.3 Å². The summed E-state index contributed by atoms with van der Waals surface area (Å²) in [5.41, 5.74) is 0.104. The molecule has 4 saturated carbocycles. The molecule has 1 saturated heterocycles. The summed E-state index contributed by atoms with van der Waals surface area (Å²) in [7, 11) is 0. The number of nitrogens with one attached hydrogen (secondary N) is 2. The van der Waals surface area contributed by atoms with Crippen LogP contribution in [0.2, 0.25) is 0 Å². The Balaban J connectivity index is 1.18. The maximum Gasteiger partial charge on any atom is 0.315 e. The molecule has 6 rings (SSSR count). The van der Waals surface area contributed by atoms with Crippen molar-refractivity contribution in [1.29, 1.82) is 0 Å². The fourth-order valence-electron chi connectivity index (χ4n) is 6.15. The smallest absolute Gasteiger partial charge is 0.315 e. The monoisotopic (exact) mass is 346 g/mol. The lowest BCUT2D eigenvalue weighted by molar-refractivity contribution is -0.0136. The summed E-state index contributed by atoms with van der Waals surface area (Å²) in [4.78, 5) is 19.3. The molecular formula is C18H26N4OS. The molecule has 1 atom stereocenters. The highest BCUT2D eigenvalue weighted by molar-refractivity contribution is 7.13. The van der Waals surface area contributed by atoms with Crippen molar-refractivity contribution in [2.75, 3.05) is 18.0 Å². The minimum Gasteiger partial charge on any atom is -0.346 e. The second kappa shape index (κ2) is 5.61. The van der Waals surface area contributed by atoms with Crippen molar-refractivity contribution in [3.8, 4) is 0 Å². The van der Waals surface area contributed by atoms with Crippen LogP contribution in [0, 0.1) is 17.8 Å². The Morgan fingerprint density at radius 1 is 1.21 bits per heavy atom. The molecule has 4 aliphatic carbocycles. The number of anilines is 1. The number of rotatable bonds is 3. The zero-order chi connectivity index (χ0) is 16.1. The van der Waals surface area contributed by atoms with Gasteiger partial charge in [0.25, 0.3) is 0 Å². The molecule has 4 bridgehead atoms. The summed E-state index contributed by atoms with van der Waals surface area (Å²) in [5, 5.41) is 9.73. The first-order chi connectivity index (χ1) is 11.7. The number of amides is 2. The lowest BCUT2D eigenvalue weighted by atomic mass is 9.53. The first kappa shape index (κ1) is 15.0. The summed E-state index contributed by atoms with van der Waals surface area (Å²) in [6.45, 7) is 1.86. The minimum atomic E-state index is 0.0583. The molecule has 1 aliphatic heterocycles. The highest BCUT2D eigenvalue weighted by Gasteiger charge is 2.51. The maximum atomic E-state index is 12.6. The quantitative estimate of drug-likeness (QED) is 0.885. The third-order valence-corrected chi connectivity index (χ3v) is 7.46. The van der Waals surface area contributed by atoms with Crippen molar-refractivity contribution in [1.82, 2.24) is 15.6 Å². The van der Waals surface area contributed by atoms with Crippen LogP contribution >= 0.6 is 11.3 Å². The molecule has 0 spiro atoms. The number of carbonyl (C=O) groups is 1. The molecule has 24 heavy (non-hydrogen) atoms. The number of aromatic nitrogens is 1. The van der Waals surface area contributed by atoms with Gasteiger partial charge in [0.1, 0.15) is 0 Å². The number of hydrogen-bond donors (Lipinski definition) is 2. The normalized spacial score (nSPS) is 40.1. The van der Waals surface area contributed by atoms with Crippen LogP contribution in [-0.2, 0) is 0 Å². The average Bonchev–Trinajstić information content (AvgIpc) is 3.15. The Kier molecular flexibility index (Phi) is 3.51. The van der Waals surface area contributed by atoms with E-state index in [4.69, 9.17) is 0 Å². The van der Waals surface area contributed by atoms with Crippen molar-refractivity contribution >= 4 is 22.5 Å². The predicted molar refractivity (Wildman–Crippen MR) is 95.3 cm³/mol. The molecule has 2 heterocycles. The third kappa shape index (κ3) is 2.68. The molecule has 5 aliphatic rings. The lowest BCUT2D eigenvalue weighted by Crippen LogP contribution is -2.62. The van der Waals surface area contributed by atoms with Crippen molar-refractivity contribution in [3.05, 3.63) is 11.6 Å². The summed E-state index contributed by atoms with van der Waals surface area (Å²) in [6, 6.07) is 0.297. The summed E-state index contributed by atoms with van der Waals surface area (Å²) < 4.78 is 0. The standard InChI is InChI=1S/C18H26N4OS/c23-16(20-15-1-3-22(11-15)17-19-2-4-24-17)21-18-8-12-5-13(9-18)7-14(6-12)10-18/h2,4,12-15H,1,3,5-11H2,(H2,20,21,23). The van der Waals surface area contributed by atoms with Gasteiger partial charge in [0, 0.05) is 36.2 Å². The number of urea groups is 1. The molecular weight excluding hydrogens is 320 g/mol. The maximum absolute atomic E-state index is 12.6. The van der Waals surface area contributed by atoms with Gasteiger partial charge in [-0.15, -0.1) is 11.3 Å². The minimum absolute atomic E-state index is 0.0583. The fraction of sp³-hybridized carbons (Fsp3) is 0.778. The van der Waals surface area contributed by atoms with Gasteiger partial charge in [-0.1, -0.05) is 0 Å². The molecule has 2 amide bonds. The fourth-order valence-corrected chi connectivity index (χ4v) is 6.83. The summed E-state index contributed by atoms with van der Waals surface area (Å²) >= 11 is 1.67. The van der Waals surface area contributed by atoms with E-state index in [2.05, 4.69) is 20.5 Å². The first-order valence-corrected chi connectivity index (χ1v) is 10.3. The second-order valence-corrected chi connectivity index (χ2v) is 9.42. The van der Waals surface area contributed by atoms with E-state index in [1.54, 1.807) is 11.3 Å². The van der Waals surface area contributed by atoms with E-state index in [1.807, 2.05) is 11.6 Å². The van der Waals surface area contributed by atoms with Gasteiger partial charge in [0.05, 0.1) is 0 Å². The zero-order valence-corrected chi connectivity index (χ0v) is 14.9. The van der Waals surface area contributed by atoms with E-state index in [-0.39, 0.29) is 17.6 Å². The van der Waals surface area contributed by atoms with Crippen LogP contribution < -0.4 is 15.5 Å². The second-order valence-electron chi connectivity index (χ2n) is 8.54. The molecule has 130 valence electrons. The van der Waals surface area contributed by atoms with Crippen molar-refractivity contribution in [2.45, 2.75) is 56.5 Å². The van der Waals surface area contributed by atoms with E-state index in [1.165, 1.54) is 38.5 Å².